The van der Waals surface area contributed by atoms with Crippen molar-refractivity contribution in [3.63, 3.8) is 0 Å². The summed E-state index contributed by atoms with van der Waals surface area (Å²) in [6.45, 7) is 1.99. The highest BCUT2D eigenvalue weighted by molar-refractivity contribution is 5.65. The SMILES string of the molecule is Cc1ccc(-c2ccn[nH]2)cc1N. The lowest BCUT2D eigenvalue weighted by Crippen LogP contribution is -1.89. The summed E-state index contributed by atoms with van der Waals surface area (Å²) in [6.07, 6.45) is 1.73. The number of anilines is 1. The van der Waals surface area contributed by atoms with Crippen LogP contribution in [-0.2, 0) is 0 Å². The molecule has 3 heteroatoms. The molecule has 0 saturated carbocycles. The van der Waals surface area contributed by atoms with Crippen LogP contribution >= 0.6 is 0 Å². The number of hydrogen-bond donors (Lipinski definition) is 2. The van der Waals surface area contributed by atoms with E-state index < -0.39 is 0 Å². The van der Waals surface area contributed by atoms with Gasteiger partial charge in [0, 0.05) is 17.4 Å². The van der Waals surface area contributed by atoms with Gasteiger partial charge in [-0.1, -0.05) is 12.1 Å². The fourth-order valence-electron chi connectivity index (χ4n) is 1.22. The lowest BCUT2D eigenvalue weighted by Gasteiger charge is -2.02. The van der Waals surface area contributed by atoms with Gasteiger partial charge in [-0.15, -0.1) is 0 Å². The summed E-state index contributed by atoms with van der Waals surface area (Å²) >= 11 is 0. The average molecular weight is 173 g/mol. The first-order chi connectivity index (χ1) is 6.27. The molecule has 13 heavy (non-hydrogen) atoms. The van der Waals surface area contributed by atoms with Crippen molar-refractivity contribution in [3.8, 4) is 11.3 Å². The molecule has 0 bridgehead atoms. The molecule has 66 valence electrons. The number of nitrogens with one attached hydrogen (secondary N) is 1. The predicted octanol–water partition coefficient (Wildman–Crippen LogP) is 1.97. The van der Waals surface area contributed by atoms with Gasteiger partial charge in [-0.2, -0.15) is 5.10 Å². The number of nitrogens with two attached hydrogens (primary N) is 1. The molecule has 0 amide bonds. The van der Waals surface area contributed by atoms with Crippen molar-refractivity contribution in [3.05, 3.63) is 36.0 Å². The van der Waals surface area contributed by atoms with Crippen LogP contribution in [0.4, 0.5) is 5.69 Å². The number of aromatic amines is 1. The quantitative estimate of drug-likeness (QED) is 0.648. The first-order valence-corrected chi connectivity index (χ1v) is 4.13. The van der Waals surface area contributed by atoms with Crippen molar-refractivity contribution in [1.29, 1.82) is 0 Å². The Morgan fingerprint density at radius 2 is 2.15 bits per heavy atom. The van der Waals surface area contributed by atoms with Gasteiger partial charge in [0.15, 0.2) is 0 Å². The third-order valence-electron chi connectivity index (χ3n) is 2.09. The Balaban J connectivity index is 2.49. The van der Waals surface area contributed by atoms with Crippen molar-refractivity contribution < 1.29 is 0 Å². The molecule has 1 heterocycles. The molecule has 1 aromatic carbocycles. The molecule has 0 aliphatic heterocycles. The second-order valence-electron chi connectivity index (χ2n) is 3.04. The summed E-state index contributed by atoms with van der Waals surface area (Å²) in [7, 11) is 0. The summed E-state index contributed by atoms with van der Waals surface area (Å²) in [5.74, 6) is 0. The number of rotatable bonds is 1. The Morgan fingerprint density at radius 1 is 1.31 bits per heavy atom. The lowest BCUT2D eigenvalue weighted by molar-refractivity contribution is 1.10. The molecular formula is C10H11N3. The number of aromatic nitrogens is 2. The predicted molar refractivity (Wildman–Crippen MR) is 53.2 cm³/mol. The highest BCUT2D eigenvalue weighted by Crippen LogP contribution is 2.21. The Kier molecular flexibility index (Phi) is 1.77. The van der Waals surface area contributed by atoms with Gasteiger partial charge < -0.3 is 5.73 Å². The normalized spacial score (nSPS) is 10.2. The van der Waals surface area contributed by atoms with E-state index in [4.69, 9.17) is 5.73 Å². The van der Waals surface area contributed by atoms with E-state index in [9.17, 15) is 0 Å². The van der Waals surface area contributed by atoms with Gasteiger partial charge in [0.2, 0.25) is 0 Å². The summed E-state index contributed by atoms with van der Waals surface area (Å²) in [5, 5.41) is 6.78. The number of hydrogen-bond acceptors (Lipinski definition) is 2. The molecular weight excluding hydrogens is 162 g/mol. The van der Waals surface area contributed by atoms with Crippen LogP contribution in [0, 0.1) is 6.92 Å². The van der Waals surface area contributed by atoms with E-state index in [1.54, 1.807) is 6.20 Å². The Labute approximate surface area is 76.6 Å². The van der Waals surface area contributed by atoms with Crippen molar-refractivity contribution in [1.82, 2.24) is 10.2 Å². The summed E-state index contributed by atoms with van der Waals surface area (Å²) in [4.78, 5) is 0. The molecule has 0 unspecified atom stereocenters. The van der Waals surface area contributed by atoms with E-state index >= 15 is 0 Å². The third kappa shape index (κ3) is 1.40. The molecule has 0 spiro atoms. The average Bonchev–Trinajstić information content (AvgIpc) is 2.62. The van der Waals surface area contributed by atoms with Crippen molar-refractivity contribution in [2.45, 2.75) is 6.92 Å². The minimum Gasteiger partial charge on any atom is -0.398 e. The van der Waals surface area contributed by atoms with Crippen LogP contribution in [0.15, 0.2) is 30.5 Å². The van der Waals surface area contributed by atoms with Gasteiger partial charge in [-0.3, -0.25) is 5.10 Å². The van der Waals surface area contributed by atoms with Gasteiger partial charge in [-0.25, -0.2) is 0 Å². The maximum absolute atomic E-state index is 5.79. The van der Waals surface area contributed by atoms with E-state index in [0.717, 1.165) is 22.5 Å². The van der Waals surface area contributed by atoms with Crippen LogP contribution in [0.1, 0.15) is 5.56 Å². The minimum absolute atomic E-state index is 0.812. The first-order valence-electron chi connectivity index (χ1n) is 4.13. The second-order valence-corrected chi connectivity index (χ2v) is 3.04. The number of H-pyrrole nitrogens is 1. The molecule has 0 aliphatic carbocycles. The molecule has 3 nitrogen and oxygen atoms in total. The van der Waals surface area contributed by atoms with Gasteiger partial charge in [0.25, 0.3) is 0 Å². The van der Waals surface area contributed by atoms with Crippen molar-refractivity contribution in [2.24, 2.45) is 0 Å². The van der Waals surface area contributed by atoms with Gasteiger partial charge in [0.1, 0.15) is 0 Å². The van der Waals surface area contributed by atoms with Crippen LogP contribution in [0.2, 0.25) is 0 Å². The summed E-state index contributed by atoms with van der Waals surface area (Å²) < 4.78 is 0. The fourth-order valence-corrected chi connectivity index (χ4v) is 1.22. The molecule has 0 aliphatic rings. The lowest BCUT2D eigenvalue weighted by atomic mass is 10.1. The Morgan fingerprint density at radius 3 is 2.77 bits per heavy atom. The monoisotopic (exact) mass is 173 g/mol. The molecule has 1 aromatic heterocycles. The summed E-state index contributed by atoms with van der Waals surface area (Å²) in [6, 6.07) is 7.90. The van der Waals surface area contributed by atoms with E-state index in [0.29, 0.717) is 0 Å². The highest BCUT2D eigenvalue weighted by Gasteiger charge is 2.00. The second kappa shape index (κ2) is 2.94. The smallest absolute Gasteiger partial charge is 0.0650 e. The zero-order chi connectivity index (χ0) is 9.26. The van der Waals surface area contributed by atoms with Crippen molar-refractivity contribution in [2.75, 3.05) is 5.73 Å². The number of aryl methyl sites for hydroxylation is 1. The van der Waals surface area contributed by atoms with Crippen molar-refractivity contribution >= 4 is 5.69 Å². The van der Waals surface area contributed by atoms with Crippen LogP contribution in [0.5, 0.6) is 0 Å². The zero-order valence-electron chi connectivity index (χ0n) is 7.41. The first kappa shape index (κ1) is 7.86. The zero-order valence-corrected chi connectivity index (χ0v) is 7.41. The van der Waals surface area contributed by atoms with Crippen LogP contribution < -0.4 is 5.73 Å². The number of nitrogens with zero attached hydrogens (tertiary/aromatic N) is 1. The maximum atomic E-state index is 5.79. The molecule has 2 rings (SSSR count). The topological polar surface area (TPSA) is 54.7 Å². The molecule has 0 atom stereocenters. The van der Waals surface area contributed by atoms with E-state index in [-0.39, 0.29) is 0 Å². The standard InChI is InChI=1S/C10H11N3/c1-7-2-3-8(6-9(7)11)10-4-5-12-13-10/h2-6H,11H2,1H3,(H,12,13). The van der Waals surface area contributed by atoms with Gasteiger partial charge in [-0.05, 0) is 24.6 Å². The summed E-state index contributed by atoms with van der Waals surface area (Å²) in [5.41, 5.74) is 9.77. The molecule has 0 saturated heterocycles. The molecule has 3 N–H and O–H groups in total. The molecule has 0 radical (unpaired) electrons. The largest absolute Gasteiger partial charge is 0.398 e. The molecule has 2 aromatic rings. The number of benzene rings is 1. The third-order valence-corrected chi connectivity index (χ3v) is 2.09. The fraction of sp³-hybridized carbons (Fsp3) is 0.100. The minimum atomic E-state index is 0.812. The van der Waals surface area contributed by atoms with Gasteiger partial charge in [0.05, 0.1) is 5.69 Å². The van der Waals surface area contributed by atoms with Crippen LogP contribution in [0.3, 0.4) is 0 Å². The number of nitrogen functional groups attached to an aromatic ring is 1. The Bertz CT molecular complexity index is 404. The molecule has 0 fully saturated rings. The van der Waals surface area contributed by atoms with E-state index in [2.05, 4.69) is 10.2 Å². The van der Waals surface area contributed by atoms with Gasteiger partial charge >= 0.3 is 0 Å². The van der Waals surface area contributed by atoms with Crippen LogP contribution in [0.25, 0.3) is 11.3 Å². The van der Waals surface area contributed by atoms with E-state index in [1.807, 2.05) is 31.2 Å². The maximum Gasteiger partial charge on any atom is 0.0650 e. The highest BCUT2D eigenvalue weighted by atomic mass is 15.1. The Hall–Kier alpha value is -1.77. The van der Waals surface area contributed by atoms with E-state index in [1.165, 1.54) is 0 Å². The van der Waals surface area contributed by atoms with Crippen LogP contribution in [-0.4, -0.2) is 10.2 Å².